The molecule has 0 spiro atoms. The molecular weight excluding hydrogens is 202 g/mol. The fraction of sp³-hybridized carbons (Fsp3) is 0.333. The van der Waals surface area contributed by atoms with Gasteiger partial charge in [0.15, 0.2) is 0 Å². The van der Waals surface area contributed by atoms with Crippen LogP contribution < -0.4 is 5.32 Å². The SMILES string of the molecule is Cc1cncc(NCc2c(C)noc2C)c1. The largest absolute Gasteiger partial charge is 0.380 e. The van der Waals surface area contributed by atoms with E-state index in [9.17, 15) is 0 Å². The molecule has 84 valence electrons. The van der Waals surface area contributed by atoms with Crippen LogP contribution in [-0.4, -0.2) is 10.1 Å². The van der Waals surface area contributed by atoms with Crippen LogP contribution in [-0.2, 0) is 6.54 Å². The minimum Gasteiger partial charge on any atom is -0.380 e. The van der Waals surface area contributed by atoms with Crippen molar-refractivity contribution in [3.05, 3.63) is 41.0 Å². The number of nitrogens with zero attached hydrogens (tertiary/aromatic N) is 2. The Balaban J connectivity index is 2.08. The van der Waals surface area contributed by atoms with Crippen LogP contribution in [0.15, 0.2) is 23.0 Å². The highest BCUT2D eigenvalue weighted by Gasteiger charge is 2.08. The molecule has 4 nitrogen and oxygen atoms in total. The molecule has 1 N–H and O–H groups in total. The van der Waals surface area contributed by atoms with Gasteiger partial charge < -0.3 is 9.84 Å². The van der Waals surface area contributed by atoms with Crippen LogP contribution in [0.1, 0.15) is 22.6 Å². The summed E-state index contributed by atoms with van der Waals surface area (Å²) in [6.45, 7) is 6.61. The van der Waals surface area contributed by atoms with E-state index in [2.05, 4.69) is 21.5 Å². The molecule has 0 atom stereocenters. The fourth-order valence-corrected chi connectivity index (χ4v) is 1.60. The van der Waals surface area contributed by atoms with E-state index >= 15 is 0 Å². The Morgan fingerprint density at radius 1 is 1.25 bits per heavy atom. The van der Waals surface area contributed by atoms with Crippen molar-refractivity contribution in [2.45, 2.75) is 27.3 Å². The van der Waals surface area contributed by atoms with Crippen molar-refractivity contribution >= 4 is 5.69 Å². The topological polar surface area (TPSA) is 51.0 Å². The highest BCUT2D eigenvalue weighted by molar-refractivity contribution is 5.43. The van der Waals surface area contributed by atoms with Gasteiger partial charge in [0.25, 0.3) is 0 Å². The standard InChI is InChI=1S/C12H15N3O/c1-8-4-11(6-13-5-8)14-7-12-9(2)15-16-10(12)3/h4-6,14H,7H2,1-3H3. The summed E-state index contributed by atoms with van der Waals surface area (Å²) in [5.74, 6) is 0.866. The van der Waals surface area contributed by atoms with E-state index in [1.807, 2.05) is 33.2 Å². The highest BCUT2D eigenvalue weighted by atomic mass is 16.5. The molecule has 2 heterocycles. The number of hydrogen-bond acceptors (Lipinski definition) is 4. The first-order chi connectivity index (χ1) is 7.66. The Bertz CT molecular complexity index is 471. The van der Waals surface area contributed by atoms with E-state index in [0.717, 1.165) is 28.3 Å². The summed E-state index contributed by atoms with van der Waals surface area (Å²) < 4.78 is 5.10. The summed E-state index contributed by atoms with van der Waals surface area (Å²) in [4.78, 5) is 4.13. The van der Waals surface area contributed by atoms with Crippen molar-refractivity contribution < 1.29 is 4.52 Å². The van der Waals surface area contributed by atoms with Crippen LogP contribution in [0.2, 0.25) is 0 Å². The minimum atomic E-state index is 0.715. The number of rotatable bonds is 3. The average molecular weight is 217 g/mol. The Kier molecular flexibility index (Phi) is 2.90. The molecule has 0 fully saturated rings. The maximum atomic E-state index is 5.10. The summed E-state index contributed by atoms with van der Waals surface area (Å²) >= 11 is 0. The molecule has 0 aliphatic rings. The molecular formula is C12H15N3O. The molecule has 0 saturated heterocycles. The second-order valence-electron chi connectivity index (χ2n) is 3.91. The molecule has 0 amide bonds. The summed E-state index contributed by atoms with van der Waals surface area (Å²) in [6.07, 6.45) is 3.65. The summed E-state index contributed by atoms with van der Waals surface area (Å²) in [7, 11) is 0. The molecule has 2 aromatic rings. The van der Waals surface area contributed by atoms with Gasteiger partial charge in [-0.2, -0.15) is 0 Å². The smallest absolute Gasteiger partial charge is 0.138 e. The molecule has 0 aliphatic heterocycles. The number of nitrogens with one attached hydrogen (secondary N) is 1. The molecule has 0 saturated carbocycles. The number of anilines is 1. The van der Waals surface area contributed by atoms with Gasteiger partial charge in [-0.15, -0.1) is 0 Å². The molecule has 0 bridgehead atoms. The zero-order valence-electron chi connectivity index (χ0n) is 9.74. The minimum absolute atomic E-state index is 0.715. The zero-order valence-corrected chi connectivity index (χ0v) is 9.74. The van der Waals surface area contributed by atoms with Crippen LogP contribution in [0.3, 0.4) is 0 Å². The van der Waals surface area contributed by atoms with Gasteiger partial charge in [-0.05, 0) is 32.4 Å². The van der Waals surface area contributed by atoms with E-state index in [0.29, 0.717) is 6.54 Å². The molecule has 2 aromatic heterocycles. The Morgan fingerprint density at radius 2 is 2.06 bits per heavy atom. The van der Waals surface area contributed by atoms with Gasteiger partial charge in [0.2, 0.25) is 0 Å². The fourth-order valence-electron chi connectivity index (χ4n) is 1.60. The zero-order chi connectivity index (χ0) is 11.5. The quantitative estimate of drug-likeness (QED) is 0.858. The molecule has 16 heavy (non-hydrogen) atoms. The van der Waals surface area contributed by atoms with Crippen LogP contribution >= 0.6 is 0 Å². The molecule has 0 radical (unpaired) electrons. The molecule has 2 rings (SSSR count). The number of hydrogen-bond donors (Lipinski definition) is 1. The summed E-state index contributed by atoms with van der Waals surface area (Å²) in [5, 5.41) is 7.22. The molecule has 0 unspecified atom stereocenters. The average Bonchev–Trinajstić information content (AvgIpc) is 2.56. The lowest BCUT2D eigenvalue weighted by Crippen LogP contribution is -2.01. The van der Waals surface area contributed by atoms with E-state index in [-0.39, 0.29) is 0 Å². The molecule has 0 aromatic carbocycles. The lowest BCUT2D eigenvalue weighted by molar-refractivity contribution is 0.392. The van der Waals surface area contributed by atoms with Crippen molar-refractivity contribution in [2.75, 3.05) is 5.32 Å². The van der Waals surface area contributed by atoms with Gasteiger partial charge >= 0.3 is 0 Å². The third-order valence-electron chi connectivity index (χ3n) is 2.53. The second-order valence-corrected chi connectivity index (χ2v) is 3.91. The van der Waals surface area contributed by atoms with E-state index in [4.69, 9.17) is 4.52 Å². The summed E-state index contributed by atoms with van der Waals surface area (Å²) in [6, 6.07) is 2.06. The number of aromatic nitrogens is 2. The normalized spacial score (nSPS) is 10.4. The van der Waals surface area contributed by atoms with Gasteiger partial charge in [-0.1, -0.05) is 5.16 Å². The van der Waals surface area contributed by atoms with Crippen LogP contribution in [0.25, 0.3) is 0 Å². The van der Waals surface area contributed by atoms with Crippen LogP contribution in [0.5, 0.6) is 0 Å². The van der Waals surface area contributed by atoms with E-state index in [1.54, 1.807) is 0 Å². The maximum Gasteiger partial charge on any atom is 0.138 e. The first-order valence-electron chi connectivity index (χ1n) is 5.24. The van der Waals surface area contributed by atoms with Gasteiger partial charge in [-0.25, -0.2) is 0 Å². The Morgan fingerprint density at radius 3 is 2.69 bits per heavy atom. The predicted octanol–water partition coefficient (Wildman–Crippen LogP) is 2.61. The number of pyridine rings is 1. The Hall–Kier alpha value is -1.84. The highest BCUT2D eigenvalue weighted by Crippen LogP contribution is 2.15. The first kappa shape index (κ1) is 10.7. The third-order valence-corrected chi connectivity index (χ3v) is 2.53. The van der Waals surface area contributed by atoms with E-state index < -0.39 is 0 Å². The van der Waals surface area contributed by atoms with Crippen molar-refractivity contribution in [3.63, 3.8) is 0 Å². The van der Waals surface area contributed by atoms with Gasteiger partial charge in [-0.3, -0.25) is 4.98 Å². The van der Waals surface area contributed by atoms with Gasteiger partial charge in [0.1, 0.15) is 5.76 Å². The predicted molar refractivity (Wildman–Crippen MR) is 62.3 cm³/mol. The van der Waals surface area contributed by atoms with Gasteiger partial charge in [0.05, 0.1) is 11.4 Å². The lowest BCUT2D eigenvalue weighted by atomic mass is 10.2. The van der Waals surface area contributed by atoms with E-state index in [1.165, 1.54) is 0 Å². The van der Waals surface area contributed by atoms with Crippen LogP contribution in [0, 0.1) is 20.8 Å². The maximum absolute atomic E-state index is 5.10. The van der Waals surface area contributed by atoms with Crippen LogP contribution in [0.4, 0.5) is 5.69 Å². The molecule has 4 heteroatoms. The van der Waals surface area contributed by atoms with Crippen molar-refractivity contribution in [2.24, 2.45) is 0 Å². The summed E-state index contributed by atoms with van der Waals surface area (Å²) in [5.41, 5.74) is 4.20. The van der Waals surface area contributed by atoms with Crippen molar-refractivity contribution in [3.8, 4) is 0 Å². The second kappa shape index (κ2) is 4.35. The van der Waals surface area contributed by atoms with Gasteiger partial charge in [0, 0.05) is 24.5 Å². The Labute approximate surface area is 94.7 Å². The van der Waals surface area contributed by atoms with Crippen molar-refractivity contribution in [1.29, 1.82) is 0 Å². The monoisotopic (exact) mass is 217 g/mol. The third kappa shape index (κ3) is 2.21. The van der Waals surface area contributed by atoms with Crippen molar-refractivity contribution in [1.82, 2.24) is 10.1 Å². The number of aryl methyl sites for hydroxylation is 3. The molecule has 0 aliphatic carbocycles. The first-order valence-corrected chi connectivity index (χ1v) is 5.24. The lowest BCUT2D eigenvalue weighted by Gasteiger charge is -2.05.